The molecule has 112 valence electrons. The fraction of sp³-hybridized carbons (Fsp3) is 0.375. The van der Waals surface area contributed by atoms with Crippen LogP contribution in [0.15, 0.2) is 30.5 Å². The van der Waals surface area contributed by atoms with Crippen molar-refractivity contribution in [3.05, 3.63) is 47.5 Å². The number of ether oxygens (including phenoxy) is 1. The lowest BCUT2D eigenvalue weighted by Gasteiger charge is -2.15. The molecule has 0 aliphatic carbocycles. The summed E-state index contributed by atoms with van der Waals surface area (Å²) in [6.45, 7) is 3.43. The number of methoxy groups -OCH3 is 1. The van der Waals surface area contributed by atoms with Crippen LogP contribution < -0.4 is 10.1 Å². The van der Waals surface area contributed by atoms with Crippen LogP contribution in [-0.2, 0) is 13.1 Å². The van der Waals surface area contributed by atoms with Crippen LogP contribution in [0.2, 0.25) is 0 Å². The summed E-state index contributed by atoms with van der Waals surface area (Å²) >= 11 is 0. The summed E-state index contributed by atoms with van der Waals surface area (Å²) in [4.78, 5) is 10.6. The molecule has 0 aliphatic rings. The maximum Gasteiger partial charge on any atom is 0.141 e. The summed E-state index contributed by atoms with van der Waals surface area (Å²) < 4.78 is 5.41. The zero-order chi connectivity index (χ0) is 15.2. The first kappa shape index (κ1) is 15.3. The van der Waals surface area contributed by atoms with Gasteiger partial charge in [-0.05, 0) is 44.8 Å². The number of aryl methyl sites for hydroxylation is 1. The molecule has 0 amide bonds. The molecule has 0 spiro atoms. The Bertz CT molecular complexity index is 599. The van der Waals surface area contributed by atoms with Gasteiger partial charge in [0.15, 0.2) is 0 Å². The van der Waals surface area contributed by atoms with Crippen molar-refractivity contribution in [3.63, 3.8) is 0 Å². The van der Waals surface area contributed by atoms with Crippen molar-refractivity contribution in [1.82, 2.24) is 14.9 Å². The minimum Gasteiger partial charge on any atom is -0.495 e. The molecule has 1 N–H and O–H groups in total. The Hall–Kier alpha value is -2.14. The van der Waals surface area contributed by atoms with E-state index in [1.54, 1.807) is 13.3 Å². The number of rotatable bonds is 6. The van der Waals surface area contributed by atoms with Gasteiger partial charge in [0.2, 0.25) is 0 Å². The predicted molar refractivity (Wildman–Crippen MR) is 84.5 cm³/mol. The Morgan fingerprint density at radius 3 is 2.71 bits per heavy atom. The van der Waals surface area contributed by atoms with E-state index < -0.39 is 0 Å². The number of nitrogens with zero attached hydrogens (tertiary/aromatic N) is 3. The van der Waals surface area contributed by atoms with E-state index in [1.807, 2.05) is 19.1 Å². The average molecular weight is 286 g/mol. The predicted octanol–water partition coefficient (Wildman–Crippen LogP) is 2.47. The van der Waals surface area contributed by atoms with Crippen LogP contribution in [0.5, 0.6) is 5.75 Å². The number of aromatic nitrogens is 2. The molecule has 0 fully saturated rings. The first-order valence-electron chi connectivity index (χ1n) is 6.92. The molecule has 0 unspecified atom stereocenters. The largest absolute Gasteiger partial charge is 0.495 e. The van der Waals surface area contributed by atoms with Crippen molar-refractivity contribution in [1.29, 1.82) is 0 Å². The molecule has 1 aromatic carbocycles. The van der Waals surface area contributed by atoms with Gasteiger partial charge in [-0.2, -0.15) is 0 Å². The van der Waals surface area contributed by atoms with Crippen LogP contribution in [0.3, 0.4) is 0 Å². The second-order valence-electron chi connectivity index (χ2n) is 5.22. The first-order chi connectivity index (χ1) is 10.1. The van der Waals surface area contributed by atoms with Crippen molar-refractivity contribution in [2.45, 2.75) is 20.0 Å². The van der Waals surface area contributed by atoms with Crippen LogP contribution >= 0.6 is 0 Å². The standard InChI is InChI=1S/C16H22N4O/c1-12-17-8-7-14(19-12)10-18-15-9-13(11-20(2)3)5-6-16(15)21-4/h5-9,18H,10-11H2,1-4H3. The quantitative estimate of drug-likeness (QED) is 0.884. The maximum absolute atomic E-state index is 5.41. The van der Waals surface area contributed by atoms with Crippen molar-refractivity contribution < 1.29 is 4.74 Å². The molecule has 2 aromatic rings. The van der Waals surface area contributed by atoms with Crippen LogP contribution in [-0.4, -0.2) is 36.1 Å². The topological polar surface area (TPSA) is 50.3 Å². The summed E-state index contributed by atoms with van der Waals surface area (Å²) in [6.07, 6.45) is 1.78. The van der Waals surface area contributed by atoms with Gasteiger partial charge in [-0.25, -0.2) is 9.97 Å². The van der Waals surface area contributed by atoms with Crippen LogP contribution in [0.4, 0.5) is 5.69 Å². The smallest absolute Gasteiger partial charge is 0.141 e. The van der Waals surface area contributed by atoms with Gasteiger partial charge in [0.25, 0.3) is 0 Å². The van der Waals surface area contributed by atoms with Gasteiger partial charge in [0, 0.05) is 12.7 Å². The highest BCUT2D eigenvalue weighted by Gasteiger charge is 2.06. The van der Waals surface area contributed by atoms with Gasteiger partial charge < -0.3 is 15.0 Å². The van der Waals surface area contributed by atoms with E-state index in [2.05, 4.69) is 46.4 Å². The second kappa shape index (κ2) is 7.04. The highest BCUT2D eigenvalue weighted by molar-refractivity contribution is 5.58. The van der Waals surface area contributed by atoms with Crippen LogP contribution in [0.1, 0.15) is 17.1 Å². The van der Waals surface area contributed by atoms with E-state index in [-0.39, 0.29) is 0 Å². The fourth-order valence-corrected chi connectivity index (χ4v) is 2.15. The Labute approximate surface area is 126 Å². The van der Waals surface area contributed by atoms with Gasteiger partial charge in [-0.1, -0.05) is 6.07 Å². The average Bonchev–Trinajstić information content (AvgIpc) is 2.45. The van der Waals surface area contributed by atoms with Gasteiger partial charge >= 0.3 is 0 Å². The van der Waals surface area contributed by atoms with Gasteiger partial charge in [-0.15, -0.1) is 0 Å². The summed E-state index contributed by atoms with van der Waals surface area (Å²) in [6, 6.07) is 8.11. The molecule has 21 heavy (non-hydrogen) atoms. The lowest BCUT2D eigenvalue weighted by molar-refractivity contribution is 0.400. The first-order valence-corrected chi connectivity index (χ1v) is 6.92. The summed E-state index contributed by atoms with van der Waals surface area (Å²) in [7, 11) is 5.79. The lowest BCUT2D eigenvalue weighted by Crippen LogP contribution is -2.11. The highest BCUT2D eigenvalue weighted by Crippen LogP contribution is 2.26. The number of nitrogens with one attached hydrogen (secondary N) is 1. The molecule has 0 radical (unpaired) electrons. The Morgan fingerprint density at radius 2 is 2.05 bits per heavy atom. The van der Waals surface area contributed by atoms with Crippen LogP contribution in [0.25, 0.3) is 0 Å². The molecule has 5 heteroatoms. The van der Waals surface area contributed by atoms with E-state index in [4.69, 9.17) is 4.74 Å². The van der Waals surface area contributed by atoms with Gasteiger partial charge in [0.1, 0.15) is 11.6 Å². The van der Waals surface area contributed by atoms with Crippen molar-refractivity contribution in [3.8, 4) is 5.75 Å². The third-order valence-electron chi connectivity index (χ3n) is 3.06. The molecule has 0 atom stereocenters. The van der Waals surface area contributed by atoms with Crippen molar-refractivity contribution in [2.24, 2.45) is 0 Å². The third kappa shape index (κ3) is 4.43. The van der Waals surface area contributed by atoms with E-state index in [0.717, 1.165) is 29.5 Å². The molecule has 5 nitrogen and oxygen atoms in total. The normalized spacial score (nSPS) is 10.7. The van der Waals surface area contributed by atoms with Gasteiger partial charge in [-0.3, -0.25) is 0 Å². The number of benzene rings is 1. The molecule has 2 rings (SSSR count). The minimum atomic E-state index is 0.644. The zero-order valence-electron chi connectivity index (χ0n) is 13.1. The Kier molecular flexibility index (Phi) is 5.11. The van der Waals surface area contributed by atoms with Crippen LogP contribution in [0, 0.1) is 6.92 Å². The summed E-state index contributed by atoms with van der Waals surface area (Å²) in [5, 5.41) is 3.39. The van der Waals surface area contributed by atoms with Crippen molar-refractivity contribution >= 4 is 5.69 Å². The molecule has 0 saturated carbocycles. The molecule has 1 aromatic heterocycles. The second-order valence-corrected chi connectivity index (χ2v) is 5.22. The minimum absolute atomic E-state index is 0.644. The van der Waals surface area contributed by atoms with E-state index >= 15 is 0 Å². The number of anilines is 1. The van der Waals surface area contributed by atoms with E-state index in [0.29, 0.717) is 6.54 Å². The lowest BCUT2D eigenvalue weighted by atomic mass is 10.1. The Morgan fingerprint density at radius 1 is 1.24 bits per heavy atom. The summed E-state index contributed by atoms with van der Waals surface area (Å²) in [5.41, 5.74) is 3.18. The van der Waals surface area contributed by atoms with Crippen molar-refractivity contribution in [2.75, 3.05) is 26.5 Å². The fourth-order valence-electron chi connectivity index (χ4n) is 2.15. The maximum atomic E-state index is 5.41. The highest BCUT2D eigenvalue weighted by atomic mass is 16.5. The SMILES string of the molecule is COc1ccc(CN(C)C)cc1NCc1ccnc(C)n1. The number of hydrogen-bond donors (Lipinski definition) is 1. The molecule has 0 bridgehead atoms. The third-order valence-corrected chi connectivity index (χ3v) is 3.06. The molecule has 1 heterocycles. The summed E-state index contributed by atoms with van der Waals surface area (Å²) in [5.74, 6) is 1.62. The number of hydrogen-bond acceptors (Lipinski definition) is 5. The molecular formula is C16H22N4O. The van der Waals surface area contributed by atoms with E-state index in [9.17, 15) is 0 Å². The van der Waals surface area contributed by atoms with E-state index in [1.165, 1.54) is 5.56 Å². The molecule has 0 saturated heterocycles. The monoisotopic (exact) mass is 286 g/mol. The Balaban J connectivity index is 2.13. The molecular weight excluding hydrogens is 264 g/mol. The molecule has 0 aliphatic heterocycles. The van der Waals surface area contributed by atoms with Gasteiger partial charge in [0.05, 0.1) is 25.0 Å². The zero-order valence-corrected chi connectivity index (χ0v) is 13.1.